The molecule has 170 valence electrons. The third kappa shape index (κ3) is 4.32. The van der Waals surface area contributed by atoms with E-state index in [-0.39, 0.29) is 39.9 Å². The SMILES string of the molecule is CC1CN(C(=O)c2cc(Cl)cc(Cl)c2O)CC=C1c1cc(CC(=O)C2CC2)nc2c1C=CC2. The highest BCUT2D eigenvalue weighted by atomic mass is 35.5. The number of hydrogen-bond donors (Lipinski definition) is 1. The lowest BCUT2D eigenvalue weighted by Gasteiger charge is -2.32. The number of allylic oxidation sites excluding steroid dienone is 1. The van der Waals surface area contributed by atoms with E-state index in [2.05, 4.69) is 31.2 Å². The maximum absolute atomic E-state index is 13.1. The second kappa shape index (κ2) is 8.62. The fraction of sp³-hybridized carbons (Fsp3) is 0.346. The molecule has 3 aliphatic rings. The molecular formula is C26H24Cl2N2O3. The minimum absolute atomic E-state index is 0.0551. The van der Waals surface area contributed by atoms with Gasteiger partial charge < -0.3 is 10.0 Å². The van der Waals surface area contributed by atoms with Gasteiger partial charge in [-0.3, -0.25) is 14.6 Å². The number of aromatic hydroxyl groups is 1. The van der Waals surface area contributed by atoms with Gasteiger partial charge in [0.2, 0.25) is 0 Å². The van der Waals surface area contributed by atoms with E-state index in [0.717, 1.165) is 47.4 Å². The summed E-state index contributed by atoms with van der Waals surface area (Å²) in [5.74, 6) is -0.00983. The molecule has 7 heteroatoms. The van der Waals surface area contributed by atoms with Crippen LogP contribution < -0.4 is 0 Å². The van der Waals surface area contributed by atoms with E-state index >= 15 is 0 Å². The predicted molar refractivity (Wildman–Crippen MR) is 130 cm³/mol. The van der Waals surface area contributed by atoms with Gasteiger partial charge in [-0.25, -0.2) is 0 Å². The van der Waals surface area contributed by atoms with Crippen LogP contribution in [0.1, 0.15) is 52.6 Å². The van der Waals surface area contributed by atoms with Crippen molar-refractivity contribution in [3.8, 4) is 5.75 Å². The van der Waals surface area contributed by atoms with Crippen LogP contribution in [0, 0.1) is 11.8 Å². The predicted octanol–water partition coefficient (Wildman–Crippen LogP) is 5.36. The van der Waals surface area contributed by atoms with Crippen LogP contribution in [0.25, 0.3) is 11.6 Å². The zero-order chi connectivity index (χ0) is 23.3. The number of benzene rings is 1. The van der Waals surface area contributed by atoms with E-state index < -0.39 is 0 Å². The van der Waals surface area contributed by atoms with E-state index in [0.29, 0.717) is 24.5 Å². The smallest absolute Gasteiger partial charge is 0.258 e. The third-order valence-electron chi connectivity index (χ3n) is 6.59. The zero-order valence-electron chi connectivity index (χ0n) is 18.3. The van der Waals surface area contributed by atoms with Gasteiger partial charge in [0.1, 0.15) is 11.5 Å². The average Bonchev–Trinajstić information content (AvgIpc) is 3.53. The molecule has 1 aromatic carbocycles. The summed E-state index contributed by atoms with van der Waals surface area (Å²) < 4.78 is 0. The first-order valence-corrected chi connectivity index (χ1v) is 12.0. The van der Waals surface area contributed by atoms with Crippen LogP contribution in [0.4, 0.5) is 0 Å². The number of phenolic OH excluding ortho intramolecular Hbond substituents is 1. The van der Waals surface area contributed by atoms with Gasteiger partial charge in [-0.05, 0) is 48.1 Å². The Hall–Kier alpha value is -2.63. The normalized spacial score (nSPS) is 19.4. The summed E-state index contributed by atoms with van der Waals surface area (Å²) in [7, 11) is 0. The van der Waals surface area contributed by atoms with Gasteiger partial charge in [0.25, 0.3) is 5.91 Å². The number of halogens is 2. The topological polar surface area (TPSA) is 70.5 Å². The van der Waals surface area contributed by atoms with Gasteiger partial charge in [-0.1, -0.05) is 48.4 Å². The first kappa shape index (κ1) is 22.2. The van der Waals surface area contributed by atoms with Crippen molar-refractivity contribution in [1.29, 1.82) is 0 Å². The van der Waals surface area contributed by atoms with Gasteiger partial charge >= 0.3 is 0 Å². The van der Waals surface area contributed by atoms with Gasteiger partial charge in [-0.15, -0.1) is 0 Å². The molecule has 5 nitrogen and oxygen atoms in total. The Morgan fingerprint density at radius 3 is 2.73 bits per heavy atom. The molecule has 1 aromatic heterocycles. The van der Waals surface area contributed by atoms with Crippen LogP contribution in [0.2, 0.25) is 10.0 Å². The molecule has 0 spiro atoms. The minimum atomic E-state index is -0.311. The molecule has 1 fully saturated rings. The first-order chi connectivity index (χ1) is 15.8. The van der Waals surface area contributed by atoms with Crippen molar-refractivity contribution in [2.45, 2.75) is 32.6 Å². The Labute approximate surface area is 202 Å². The Kier molecular flexibility index (Phi) is 5.79. The molecule has 0 radical (unpaired) electrons. The molecule has 2 aromatic rings. The summed E-state index contributed by atoms with van der Waals surface area (Å²) in [6.07, 6.45) is 9.41. The van der Waals surface area contributed by atoms with Crippen molar-refractivity contribution in [3.63, 3.8) is 0 Å². The molecule has 33 heavy (non-hydrogen) atoms. The van der Waals surface area contributed by atoms with Crippen LogP contribution in [0.3, 0.4) is 0 Å². The molecule has 1 atom stereocenters. The number of ketones is 1. The van der Waals surface area contributed by atoms with Crippen LogP contribution in [0.15, 0.2) is 30.4 Å². The molecule has 0 saturated heterocycles. The molecule has 1 aliphatic heterocycles. The maximum atomic E-state index is 13.1. The monoisotopic (exact) mass is 482 g/mol. The number of aromatic nitrogens is 1. The van der Waals surface area contributed by atoms with Gasteiger partial charge in [0.05, 0.1) is 16.3 Å². The summed E-state index contributed by atoms with van der Waals surface area (Å²) in [5, 5.41) is 10.6. The lowest BCUT2D eigenvalue weighted by Crippen LogP contribution is -2.38. The highest BCUT2D eigenvalue weighted by Gasteiger charge is 2.31. The number of carbonyl (C=O) groups excluding carboxylic acids is 2. The number of amides is 1. The minimum Gasteiger partial charge on any atom is -0.506 e. The molecular weight excluding hydrogens is 459 g/mol. The van der Waals surface area contributed by atoms with Crippen molar-refractivity contribution in [3.05, 3.63) is 68.5 Å². The lowest BCUT2D eigenvalue weighted by molar-refractivity contribution is -0.119. The van der Waals surface area contributed by atoms with Crippen molar-refractivity contribution in [2.75, 3.05) is 13.1 Å². The van der Waals surface area contributed by atoms with Gasteiger partial charge in [0.15, 0.2) is 0 Å². The fourth-order valence-electron chi connectivity index (χ4n) is 4.71. The molecule has 5 rings (SSSR count). The van der Waals surface area contributed by atoms with Crippen LogP contribution in [-0.4, -0.2) is 39.8 Å². The zero-order valence-corrected chi connectivity index (χ0v) is 19.8. The number of rotatable bonds is 5. The number of pyridine rings is 1. The van der Waals surface area contributed by atoms with E-state index in [1.807, 2.05) is 0 Å². The molecule has 1 N–H and O–H groups in total. The third-order valence-corrected chi connectivity index (χ3v) is 7.09. The van der Waals surface area contributed by atoms with Crippen LogP contribution in [-0.2, 0) is 17.6 Å². The van der Waals surface area contributed by atoms with Crippen molar-refractivity contribution in [2.24, 2.45) is 11.8 Å². The fourth-order valence-corrected chi connectivity index (χ4v) is 5.20. The second-order valence-corrected chi connectivity index (χ2v) is 9.94. The highest BCUT2D eigenvalue weighted by Crippen LogP contribution is 2.37. The first-order valence-electron chi connectivity index (χ1n) is 11.2. The molecule has 2 aliphatic carbocycles. The van der Waals surface area contributed by atoms with Crippen molar-refractivity contribution >= 4 is 46.5 Å². The summed E-state index contributed by atoms with van der Waals surface area (Å²) in [4.78, 5) is 32.0. The quantitative estimate of drug-likeness (QED) is 0.622. The van der Waals surface area contributed by atoms with Gasteiger partial charge in [0, 0.05) is 48.1 Å². The number of Topliss-reactive ketones (excluding diaryl/α,β-unsaturated/α-hetero) is 1. The van der Waals surface area contributed by atoms with E-state index in [1.54, 1.807) is 4.90 Å². The van der Waals surface area contributed by atoms with E-state index in [9.17, 15) is 14.7 Å². The van der Waals surface area contributed by atoms with Crippen LogP contribution in [0.5, 0.6) is 5.75 Å². The number of fused-ring (bicyclic) bond motifs is 1. The number of nitrogens with zero attached hydrogens (tertiary/aromatic N) is 2. The molecule has 2 heterocycles. The number of phenols is 1. The van der Waals surface area contributed by atoms with Crippen molar-refractivity contribution in [1.82, 2.24) is 9.88 Å². The Morgan fingerprint density at radius 1 is 1.21 bits per heavy atom. The van der Waals surface area contributed by atoms with E-state index in [1.165, 1.54) is 12.1 Å². The number of carbonyl (C=O) groups is 2. The highest BCUT2D eigenvalue weighted by molar-refractivity contribution is 6.36. The largest absolute Gasteiger partial charge is 0.506 e. The molecule has 1 saturated carbocycles. The molecule has 1 unspecified atom stereocenters. The summed E-state index contributed by atoms with van der Waals surface area (Å²) in [6.45, 7) is 2.97. The maximum Gasteiger partial charge on any atom is 0.258 e. The summed E-state index contributed by atoms with van der Waals surface area (Å²) in [6, 6.07) is 4.91. The molecule has 0 bridgehead atoms. The summed E-state index contributed by atoms with van der Waals surface area (Å²) in [5.41, 5.74) is 5.30. The second-order valence-electron chi connectivity index (χ2n) is 9.10. The number of hydrogen-bond acceptors (Lipinski definition) is 4. The molecule has 1 amide bonds. The van der Waals surface area contributed by atoms with E-state index in [4.69, 9.17) is 28.2 Å². The Bertz CT molecular complexity index is 1230. The summed E-state index contributed by atoms with van der Waals surface area (Å²) >= 11 is 12.1. The van der Waals surface area contributed by atoms with Crippen molar-refractivity contribution < 1.29 is 14.7 Å². The standard InChI is InChI=1S/C26H24Cl2N2O3/c1-14-13-30(26(33)21-9-16(27)10-22(28)25(21)32)8-7-18(14)20-11-17(12-24(31)15-5-6-15)29-23-4-2-3-19(20)23/h2-3,7,9-11,14-15,32H,4-6,8,12-13H2,1H3. The average molecular weight is 483 g/mol. The van der Waals surface area contributed by atoms with Crippen LogP contribution >= 0.6 is 23.2 Å². The van der Waals surface area contributed by atoms with Gasteiger partial charge in [-0.2, -0.15) is 0 Å². The Morgan fingerprint density at radius 2 is 2.00 bits per heavy atom. The lowest BCUT2D eigenvalue weighted by atomic mass is 9.87. The Balaban J connectivity index is 1.43.